The van der Waals surface area contributed by atoms with Crippen molar-refractivity contribution in [2.24, 2.45) is 4.40 Å². The van der Waals surface area contributed by atoms with Crippen LogP contribution in [-0.4, -0.2) is 30.1 Å². The van der Waals surface area contributed by atoms with E-state index >= 15 is 0 Å². The van der Waals surface area contributed by atoms with Gasteiger partial charge in [-0.1, -0.05) is 37.1 Å². The second kappa shape index (κ2) is 6.88. The van der Waals surface area contributed by atoms with Crippen LogP contribution in [0.4, 0.5) is 5.69 Å². The van der Waals surface area contributed by atoms with Gasteiger partial charge in [-0.25, -0.2) is 4.68 Å². The Morgan fingerprint density at radius 1 is 1.07 bits per heavy atom. The van der Waals surface area contributed by atoms with Crippen molar-refractivity contribution in [3.05, 3.63) is 64.4 Å². The van der Waals surface area contributed by atoms with Crippen molar-refractivity contribution in [3.8, 4) is 5.75 Å². The summed E-state index contributed by atoms with van der Waals surface area (Å²) in [6.07, 6.45) is 4.05. The highest BCUT2D eigenvalue weighted by molar-refractivity contribution is 7.90. The lowest BCUT2D eigenvalue weighted by atomic mass is 10.1. The molecular weight excluding hydrogens is 404 g/mol. The highest BCUT2D eigenvalue weighted by Crippen LogP contribution is 2.32. The molecule has 3 aromatic rings. The Morgan fingerprint density at radius 2 is 1.77 bits per heavy atom. The van der Waals surface area contributed by atoms with E-state index in [1.54, 1.807) is 42.5 Å². The van der Waals surface area contributed by atoms with E-state index in [1.807, 2.05) is 0 Å². The first kappa shape index (κ1) is 18.7. The van der Waals surface area contributed by atoms with Crippen molar-refractivity contribution in [2.75, 3.05) is 10.7 Å². The van der Waals surface area contributed by atoms with Crippen LogP contribution in [0.25, 0.3) is 10.9 Å². The third-order valence-electron chi connectivity index (χ3n) is 5.59. The van der Waals surface area contributed by atoms with Crippen molar-refractivity contribution in [1.29, 1.82) is 0 Å². The maximum Gasteiger partial charge on any atom is 0.286 e. The summed E-state index contributed by atoms with van der Waals surface area (Å²) in [6, 6.07) is 13.4. The minimum Gasteiger partial charge on any atom is -0.506 e. The molecule has 1 fully saturated rings. The standard InChI is InChI=1S/C21H20N4O4S/c26-19-14-9-3-5-11-16(14)25(23-13-7-1-2-8-13)21(27)18(19)20-22-15-10-4-6-12-17(15)30(28,29)24-20/h3-6,9-13,23,26H,1-2,7-8H2,(H,22,24). The van der Waals surface area contributed by atoms with Crippen LogP contribution in [0.5, 0.6) is 5.75 Å². The van der Waals surface area contributed by atoms with E-state index < -0.39 is 15.6 Å². The number of para-hydroxylation sites is 2. The number of benzene rings is 2. The fraction of sp³-hybridized carbons (Fsp3) is 0.238. The van der Waals surface area contributed by atoms with Gasteiger partial charge < -0.3 is 15.8 Å². The van der Waals surface area contributed by atoms with Gasteiger partial charge in [0.15, 0.2) is 5.84 Å². The van der Waals surface area contributed by atoms with Crippen LogP contribution in [-0.2, 0) is 10.0 Å². The zero-order chi connectivity index (χ0) is 20.9. The van der Waals surface area contributed by atoms with Gasteiger partial charge >= 0.3 is 0 Å². The molecule has 1 aliphatic heterocycles. The van der Waals surface area contributed by atoms with E-state index in [-0.39, 0.29) is 28.1 Å². The summed E-state index contributed by atoms with van der Waals surface area (Å²) in [7, 11) is -4.02. The summed E-state index contributed by atoms with van der Waals surface area (Å²) < 4.78 is 30.6. The van der Waals surface area contributed by atoms with Gasteiger partial charge in [0.25, 0.3) is 15.6 Å². The molecule has 0 saturated heterocycles. The number of sulfonamides is 1. The van der Waals surface area contributed by atoms with Crippen molar-refractivity contribution in [1.82, 2.24) is 4.68 Å². The first-order chi connectivity index (χ1) is 14.5. The van der Waals surface area contributed by atoms with Crippen LogP contribution >= 0.6 is 0 Å². The summed E-state index contributed by atoms with van der Waals surface area (Å²) in [5.41, 5.74) is 3.35. The predicted octanol–water partition coefficient (Wildman–Crippen LogP) is 2.75. The lowest BCUT2D eigenvalue weighted by Gasteiger charge is -2.22. The molecule has 0 unspecified atom stereocenters. The summed E-state index contributed by atoms with van der Waals surface area (Å²) >= 11 is 0. The maximum atomic E-state index is 13.4. The highest BCUT2D eigenvalue weighted by atomic mass is 32.2. The Bertz CT molecular complexity index is 1360. The van der Waals surface area contributed by atoms with E-state index in [1.165, 1.54) is 10.7 Å². The molecular formula is C21H20N4O4S. The number of rotatable bonds is 3. The smallest absolute Gasteiger partial charge is 0.286 e. The number of hydrogen-bond donors (Lipinski definition) is 3. The van der Waals surface area contributed by atoms with Gasteiger partial charge in [0.1, 0.15) is 16.2 Å². The van der Waals surface area contributed by atoms with E-state index in [2.05, 4.69) is 15.1 Å². The molecule has 9 heteroatoms. The van der Waals surface area contributed by atoms with Crippen LogP contribution in [0.15, 0.2) is 62.6 Å². The number of fused-ring (bicyclic) bond motifs is 2. The Morgan fingerprint density at radius 3 is 2.57 bits per heavy atom. The summed E-state index contributed by atoms with van der Waals surface area (Å²) in [6.45, 7) is 0. The predicted molar refractivity (Wildman–Crippen MR) is 115 cm³/mol. The summed E-state index contributed by atoms with van der Waals surface area (Å²) in [5.74, 6) is -0.496. The van der Waals surface area contributed by atoms with Crippen molar-refractivity contribution in [2.45, 2.75) is 36.6 Å². The number of pyridine rings is 1. The van der Waals surface area contributed by atoms with Gasteiger partial charge in [0.05, 0.1) is 11.2 Å². The monoisotopic (exact) mass is 424 g/mol. The lowest BCUT2D eigenvalue weighted by Crippen LogP contribution is -2.39. The zero-order valence-corrected chi connectivity index (χ0v) is 16.8. The van der Waals surface area contributed by atoms with Crippen molar-refractivity contribution >= 4 is 32.4 Å². The first-order valence-electron chi connectivity index (χ1n) is 9.80. The number of aromatic nitrogens is 1. The number of nitrogens with zero attached hydrogens (tertiary/aromatic N) is 2. The Labute approximate surface area is 172 Å². The lowest BCUT2D eigenvalue weighted by molar-refractivity contribution is 0.478. The number of hydrogen-bond acceptors (Lipinski definition) is 6. The molecule has 0 spiro atoms. The average Bonchev–Trinajstić information content (AvgIpc) is 3.24. The Hall–Kier alpha value is -3.33. The molecule has 2 heterocycles. The van der Waals surface area contributed by atoms with Crippen LogP contribution in [0.1, 0.15) is 31.2 Å². The number of anilines is 1. The SMILES string of the molecule is O=c1c(C2=NS(=O)(=O)c3ccccc3N2)c(O)c2ccccc2n1NC1CCCC1. The van der Waals surface area contributed by atoms with E-state index in [9.17, 15) is 18.3 Å². The molecule has 2 aliphatic rings. The molecule has 3 N–H and O–H groups in total. The minimum absolute atomic E-state index is 0.0263. The topological polar surface area (TPSA) is 113 Å². The molecule has 0 bridgehead atoms. The molecule has 0 atom stereocenters. The highest BCUT2D eigenvalue weighted by Gasteiger charge is 2.30. The number of amidine groups is 1. The van der Waals surface area contributed by atoms with Crippen molar-refractivity contribution < 1.29 is 13.5 Å². The van der Waals surface area contributed by atoms with Crippen LogP contribution < -0.4 is 16.3 Å². The third kappa shape index (κ3) is 2.93. The number of nitrogens with one attached hydrogen (secondary N) is 2. The Balaban J connectivity index is 1.74. The largest absolute Gasteiger partial charge is 0.506 e. The van der Waals surface area contributed by atoms with E-state index in [0.29, 0.717) is 16.6 Å². The Kier molecular flexibility index (Phi) is 4.28. The maximum absolute atomic E-state index is 13.4. The first-order valence-corrected chi connectivity index (χ1v) is 11.2. The molecule has 1 aromatic heterocycles. The van der Waals surface area contributed by atoms with Crippen molar-refractivity contribution in [3.63, 3.8) is 0 Å². The van der Waals surface area contributed by atoms with Gasteiger partial charge in [-0.3, -0.25) is 4.79 Å². The zero-order valence-electron chi connectivity index (χ0n) is 16.0. The molecule has 2 aromatic carbocycles. The fourth-order valence-electron chi connectivity index (χ4n) is 4.13. The third-order valence-corrected chi connectivity index (χ3v) is 6.92. The molecule has 30 heavy (non-hydrogen) atoms. The summed E-state index contributed by atoms with van der Waals surface area (Å²) in [4.78, 5) is 13.5. The van der Waals surface area contributed by atoms with Crippen LogP contribution in [0.3, 0.4) is 0 Å². The van der Waals surface area contributed by atoms with E-state index in [4.69, 9.17) is 0 Å². The molecule has 1 saturated carbocycles. The fourth-order valence-corrected chi connectivity index (χ4v) is 5.25. The molecule has 0 amide bonds. The molecule has 1 aliphatic carbocycles. The molecule has 154 valence electrons. The second-order valence-corrected chi connectivity index (χ2v) is 9.10. The molecule has 8 nitrogen and oxygen atoms in total. The minimum atomic E-state index is -4.02. The van der Waals surface area contributed by atoms with Crippen LogP contribution in [0.2, 0.25) is 0 Å². The normalized spacial score (nSPS) is 17.9. The van der Waals surface area contributed by atoms with Gasteiger partial charge in [0, 0.05) is 11.4 Å². The molecule has 0 radical (unpaired) electrons. The van der Waals surface area contributed by atoms with E-state index in [0.717, 1.165) is 25.7 Å². The second-order valence-electron chi connectivity index (χ2n) is 7.53. The number of aromatic hydroxyl groups is 1. The van der Waals surface area contributed by atoms with Gasteiger partial charge in [-0.15, -0.1) is 4.40 Å². The van der Waals surface area contributed by atoms with Gasteiger partial charge in [0.2, 0.25) is 0 Å². The molecule has 5 rings (SSSR count). The van der Waals surface area contributed by atoms with Gasteiger partial charge in [-0.05, 0) is 37.1 Å². The van der Waals surface area contributed by atoms with Gasteiger partial charge in [-0.2, -0.15) is 8.42 Å². The quantitative estimate of drug-likeness (QED) is 0.596. The summed E-state index contributed by atoms with van der Waals surface area (Å²) in [5, 5.41) is 14.3. The van der Waals surface area contributed by atoms with Crippen LogP contribution in [0, 0.1) is 0 Å². The average molecular weight is 424 g/mol.